The third kappa shape index (κ3) is 8.47. The molecule has 1 aromatic carbocycles. The number of alkyl halides is 3. The third-order valence-corrected chi connectivity index (χ3v) is 7.13. The van der Waals surface area contributed by atoms with Gasteiger partial charge in [0, 0.05) is 44.3 Å². The molecular weight excluding hydrogens is 547 g/mol. The number of aromatic nitrogens is 2. The monoisotopic (exact) mass is 587 g/mol. The van der Waals surface area contributed by atoms with Gasteiger partial charge in [0.05, 0.1) is 11.3 Å². The highest BCUT2D eigenvalue weighted by atomic mass is 19.4. The van der Waals surface area contributed by atoms with Crippen LogP contribution in [0.2, 0.25) is 0 Å². The van der Waals surface area contributed by atoms with Crippen LogP contribution in [0.3, 0.4) is 0 Å². The Morgan fingerprint density at radius 1 is 1.10 bits per heavy atom. The van der Waals surface area contributed by atoms with Gasteiger partial charge in [0.15, 0.2) is 0 Å². The summed E-state index contributed by atoms with van der Waals surface area (Å²) in [5.41, 5.74) is 1.38. The molecule has 2 unspecified atom stereocenters. The topological polar surface area (TPSA) is 88.0 Å². The molecule has 2 aromatic heterocycles. The Kier molecular flexibility index (Phi) is 9.50. The summed E-state index contributed by atoms with van der Waals surface area (Å²) in [7, 11) is 0. The second-order valence-corrected chi connectivity index (χ2v) is 12.4. The minimum absolute atomic E-state index is 0.0123. The smallest absolute Gasteiger partial charge is 0.416 e. The SMILES string of the molecule is CC(C)CC(CNC(=O)c1cccc2nc(CN3CCC(NC(=O)OC(C)(C)C)C3)cn12)c1ccc(C(F)(F)F)cc1. The van der Waals surface area contributed by atoms with Crippen LogP contribution in [0.5, 0.6) is 0 Å². The van der Waals surface area contributed by atoms with E-state index in [1.165, 1.54) is 12.1 Å². The molecule has 3 aromatic rings. The number of halogens is 3. The van der Waals surface area contributed by atoms with E-state index < -0.39 is 23.4 Å². The molecule has 11 heteroatoms. The number of fused-ring (bicyclic) bond motifs is 1. The highest BCUT2D eigenvalue weighted by molar-refractivity contribution is 5.93. The molecule has 0 saturated carbocycles. The second kappa shape index (κ2) is 12.7. The number of nitrogens with zero attached hydrogens (tertiary/aromatic N) is 3. The molecule has 0 bridgehead atoms. The lowest BCUT2D eigenvalue weighted by atomic mass is 9.89. The lowest BCUT2D eigenvalue weighted by Crippen LogP contribution is -2.40. The molecule has 228 valence electrons. The van der Waals surface area contributed by atoms with Crippen LogP contribution in [0, 0.1) is 5.92 Å². The average Bonchev–Trinajstić information content (AvgIpc) is 3.50. The van der Waals surface area contributed by atoms with Crippen LogP contribution in [0.1, 0.15) is 80.7 Å². The van der Waals surface area contributed by atoms with E-state index in [1.807, 2.05) is 46.9 Å². The molecule has 8 nitrogen and oxygen atoms in total. The largest absolute Gasteiger partial charge is 0.444 e. The van der Waals surface area contributed by atoms with E-state index in [4.69, 9.17) is 9.72 Å². The summed E-state index contributed by atoms with van der Waals surface area (Å²) in [6.45, 7) is 11.9. The molecule has 42 heavy (non-hydrogen) atoms. The number of rotatable bonds is 9. The number of imidazole rings is 1. The maximum Gasteiger partial charge on any atom is 0.416 e. The Morgan fingerprint density at radius 2 is 1.81 bits per heavy atom. The third-order valence-electron chi connectivity index (χ3n) is 7.13. The molecule has 3 heterocycles. The Labute approximate surface area is 244 Å². The summed E-state index contributed by atoms with van der Waals surface area (Å²) in [5.74, 6) is -0.127. The summed E-state index contributed by atoms with van der Waals surface area (Å²) in [4.78, 5) is 32.3. The van der Waals surface area contributed by atoms with Crippen LogP contribution in [0.25, 0.3) is 5.65 Å². The molecule has 0 radical (unpaired) electrons. The molecule has 1 aliphatic rings. The van der Waals surface area contributed by atoms with Crippen molar-refractivity contribution in [3.63, 3.8) is 0 Å². The summed E-state index contributed by atoms with van der Waals surface area (Å²) < 4.78 is 46.2. The van der Waals surface area contributed by atoms with E-state index in [0.717, 1.165) is 36.4 Å². The van der Waals surface area contributed by atoms with E-state index in [1.54, 1.807) is 16.5 Å². The Balaban J connectivity index is 1.40. The van der Waals surface area contributed by atoms with Crippen LogP contribution in [0.4, 0.5) is 18.0 Å². The van der Waals surface area contributed by atoms with Crippen LogP contribution in [-0.4, -0.2) is 57.6 Å². The van der Waals surface area contributed by atoms with E-state index in [2.05, 4.69) is 15.5 Å². The molecule has 2 atom stereocenters. The van der Waals surface area contributed by atoms with E-state index in [0.29, 0.717) is 43.3 Å². The predicted molar refractivity (Wildman–Crippen MR) is 154 cm³/mol. The zero-order valence-corrected chi connectivity index (χ0v) is 24.8. The number of hydrogen-bond donors (Lipinski definition) is 2. The van der Waals surface area contributed by atoms with Gasteiger partial charge in [-0.1, -0.05) is 32.0 Å². The van der Waals surface area contributed by atoms with Crippen molar-refractivity contribution in [2.45, 2.75) is 77.7 Å². The van der Waals surface area contributed by atoms with Crippen LogP contribution < -0.4 is 10.6 Å². The van der Waals surface area contributed by atoms with Crippen molar-refractivity contribution >= 4 is 17.6 Å². The number of nitrogens with one attached hydrogen (secondary N) is 2. The number of carbonyl (C=O) groups is 2. The number of likely N-dealkylation sites (tertiary alicyclic amines) is 1. The molecule has 1 fully saturated rings. The Hall–Kier alpha value is -3.60. The standard InChI is InChI=1S/C31H40F3N5O3/c1-20(2)15-22(21-9-11-23(12-10-21)31(32,33)34)16-35-28(40)26-7-6-8-27-36-25(19-39(26)27)18-38-14-13-24(17-38)37-29(41)42-30(3,4)5/h6-12,19-20,22,24H,13-18H2,1-5H3,(H,35,40)(H,37,41). The fraction of sp³-hybridized carbons (Fsp3) is 0.516. The minimum atomic E-state index is -4.39. The second-order valence-electron chi connectivity index (χ2n) is 12.4. The minimum Gasteiger partial charge on any atom is -0.444 e. The number of benzene rings is 1. The highest BCUT2D eigenvalue weighted by Gasteiger charge is 2.30. The molecule has 4 rings (SSSR count). The zero-order valence-electron chi connectivity index (χ0n) is 24.8. The maximum atomic E-state index is 13.3. The van der Waals surface area contributed by atoms with Crippen molar-refractivity contribution in [3.05, 3.63) is 71.2 Å². The number of ether oxygens (including phenoxy) is 1. The number of carbonyl (C=O) groups excluding carboxylic acids is 2. The van der Waals surface area contributed by atoms with Gasteiger partial charge in [-0.25, -0.2) is 9.78 Å². The first-order chi connectivity index (χ1) is 19.7. The van der Waals surface area contributed by atoms with Gasteiger partial charge in [-0.15, -0.1) is 0 Å². The Bertz CT molecular complexity index is 1380. The van der Waals surface area contributed by atoms with Gasteiger partial charge in [-0.05, 0) is 69.4 Å². The van der Waals surface area contributed by atoms with Crippen molar-refractivity contribution in [1.82, 2.24) is 24.9 Å². The van der Waals surface area contributed by atoms with Gasteiger partial charge < -0.3 is 15.4 Å². The molecule has 2 amide bonds. The molecule has 1 aliphatic heterocycles. The summed E-state index contributed by atoms with van der Waals surface area (Å²) in [5, 5.41) is 5.92. The van der Waals surface area contributed by atoms with Crippen LogP contribution >= 0.6 is 0 Å². The van der Waals surface area contributed by atoms with E-state index >= 15 is 0 Å². The van der Waals surface area contributed by atoms with E-state index in [9.17, 15) is 22.8 Å². The van der Waals surface area contributed by atoms with E-state index in [-0.39, 0.29) is 17.9 Å². The number of alkyl carbamates (subject to hydrolysis) is 1. The van der Waals surface area contributed by atoms with Crippen LogP contribution in [-0.2, 0) is 17.5 Å². The molecule has 0 aliphatic carbocycles. The number of amides is 2. The molecule has 0 spiro atoms. The normalized spacial score (nSPS) is 17.0. The van der Waals surface area contributed by atoms with Crippen molar-refractivity contribution in [2.24, 2.45) is 5.92 Å². The molecular formula is C31H40F3N5O3. The van der Waals surface area contributed by atoms with Gasteiger partial charge in [-0.3, -0.25) is 14.1 Å². The van der Waals surface area contributed by atoms with Gasteiger partial charge >= 0.3 is 12.3 Å². The lowest BCUT2D eigenvalue weighted by Gasteiger charge is -2.22. The summed E-state index contributed by atoms with van der Waals surface area (Å²) >= 11 is 0. The quantitative estimate of drug-likeness (QED) is 0.320. The first kappa shape index (κ1) is 31.3. The maximum absolute atomic E-state index is 13.3. The summed E-state index contributed by atoms with van der Waals surface area (Å²) in [6.07, 6.45) is -1.45. The van der Waals surface area contributed by atoms with Gasteiger partial charge in [0.2, 0.25) is 0 Å². The number of pyridine rings is 1. The predicted octanol–water partition coefficient (Wildman–Crippen LogP) is 6.01. The van der Waals surface area contributed by atoms with Crippen molar-refractivity contribution in [1.29, 1.82) is 0 Å². The molecule has 2 N–H and O–H groups in total. The lowest BCUT2D eigenvalue weighted by molar-refractivity contribution is -0.137. The van der Waals surface area contributed by atoms with Gasteiger partial charge in [-0.2, -0.15) is 13.2 Å². The average molecular weight is 588 g/mol. The highest BCUT2D eigenvalue weighted by Crippen LogP contribution is 2.31. The first-order valence-electron chi connectivity index (χ1n) is 14.3. The van der Waals surface area contributed by atoms with Crippen molar-refractivity contribution < 1.29 is 27.5 Å². The van der Waals surface area contributed by atoms with Gasteiger partial charge in [0.25, 0.3) is 5.91 Å². The number of hydrogen-bond acceptors (Lipinski definition) is 5. The van der Waals surface area contributed by atoms with Gasteiger partial charge in [0.1, 0.15) is 16.9 Å². The molecule has 1 saturated heterocycles. The fourth-order valence-corrected chi connectivity index (χ4v) is 5.28. The van der Waals surface area contributed by atoms with Crippen LogP contribution in [0.15, 0.2) is 48.7 Å². The van der Waals surface area contributed by atoms with Crippen molar-refractivity contribution in [2.75, 3.05) is 19.6 Å². The first-order valence-corrected chi connectivity index (χ1v) is 14.3. The van der Waals surface area contributed by atoms with Crippen molar-refractivity contribution in [3.8, 4) is 0 Å². The zero-order chi connectivity index (χ0) is 30.7. The summed E-state index contributed by atoms with van der Waals surface area (Å²) in [6, 6.07) is 10.5. The fourth-order valence-electron chi connectivity index (χ4n) is 5.28. The Morgan fingerprint density at radius 3 is 2.45 bits per heavy atom.